The molecule has 2 rings (SSSR count). The second-order valence-corrected chi connectivity index (χ2v) is 6.03. The maximum atomic E-state index is 12.7. The first-order chi connectivity index (χ1) is 11.1. The lowest BCUT2D eigenvalue weighted by atomic mass is 9.81. The zero-order valence-electron chi connectivity index (χ0n) is 13.9. The van der Waals surface area contributed by atoms with E-state index in [2.05, 4.69) is 22.2 Å². The molecule has 0 radical (unpaired) electrons. The van der Waals surface area contributed by atoms with Crippen LogP contribution in [0.2, 0.25) is 0 Å². The van der Waals surface area contributed by atoms with Gasteiger partial charge in [0.05, 0.1) is 18.4 Å². The summed E-state index contributed by atoms with van der Waals surface area (Å²) in [6.07, 6.45) is 10.7. The SMILES string of the molecule is CCCCNC(=O)[C@@H]1CC=CC[C@@H]1C(=O)N(C)Cc1ncc[nH]1. The molecule has 126 valence electrons. The van der Waals surface area contributed by atoms with Crippen LogP contribution < -0.4 is 5.32 Å². The van der Waals surface area contributed by atoms with Crippen molar-refractivity contribution in [3.8, 4) is 0 Å². The van der Waals surface area contributed by atoms with Crippen LogP contribution in [0.3, 0.4) is 0 Å². The number of allylic oxidation sites excluding steroid dienone is 2. The maximum Gasteiger partial charge on any atom is 0.226 e. The van der Waals surface area contributed by atoms with Gasteiger partial charge in [-0.25, -0.2) is 4.98 Å². The quantitative estimate of drug-likeness (QED) is 0.595. The lowest BCUT2D eigenvalue weighted by Gasteiger charge is -2.30. The van der Waals surface area contributed by atoms with Crippen LogP contribution in [0.4, 0.5) is 0 Å². The molecule has 1 heterocycles. The third-order valence-electron chi connectivity index (χ3n) is 4.23. The monoisotopic (exact) mass is 318 g/mol. The molecule has 0 saturated heterocycles. The lowest BCUT2D eigenvalue weighted by Crippen LogP contribution is -2.43. The summed E-state index contributed by atoms with van der Waals surface area (Å²) in [5.74, 6) is 0.176. The van der Waals surface area contributed by atoms with Crippen LogP contribution in [0, 0.1) is 11.8 Å². The highest BCUT2D eigenvalue weighted by Gasteiger charge is 2.35. The molecule has 0 saturated carbocycles. The van der Waals surface area contributed by atoms with Crippen LogP contribution >= 0.6 is 0 Å². The summed E-state index contributed by atoms with van der Waals surface area (Å²) in [4.78, 5) is 33.9. The number of nitrogens with zero attached hydrogens (tertiary/aromatic N) is 2. The molecule has 6 nitrogen and oxygen atoms in total. The van der Waals surface area contributed by atoms with Crippen molar-refractivity contribution in [3.63, 3.8) is 0 Å². The molecule has 1 aromatic rings. The molecule has 0 bridgehead atoms. The third kappa shape index (κ3) is 4.68. The van der Waals surface area contributed by atoms with Gasteiger partial charge in [-0.05, 0) is 19.3 Å². The molecule has 0 spiro atoms. The number of hydrogen-bond acceptors (Lipinski definition) is 3. The van der Waals surface area contributed by atoms with Crippen LogP contribution in [-0.4, -0.2) is 40.3 Å². The Morgan fingerprint density at radius 1 is 1.35 bits per heavy atom. The number of imidazole rings is 1. The van der Waals surface area contributed by atoms with Crippen molar-refractivity contribution < 1.29 is 9.59 Å². The summed E-state index contributed by atoms with van der Waals surface area (Å²) < 4.78 is 0. The van der Waals surface area contributed by atoms with Crippen LogP contribution in [-0.2, 0) is 16.1 Å². The number of carbonyl (C=O) groups excluding carboxylic acids is 2. The number of carbonyl (C=O) groups is 2. The molecular weight excluding hydrogens is 292 g/mol. The fourth-order valence-corrected chi connectivity index (χ4v) is 2.87. The number of rotatable bonds is 7. The number of amides is 2. The van der Waals surface area contributed by atoms with Gasteiger partial charge in [0.1, 0.15) is 5.82 Å². The maximum absolute atomic E-state index is 12.7. The first-order valence-electron chi connectivity index (χ1n) is 8.29. The van der Waals surface area contributed by atoms with Gasteiger partial charge >= 0.3 is 0 Å². The van der Waals surface area contributed by atoms with Gasteiger partial charge < -0.3 is 15.2 Å². The highest BCUT2D eigenvalue weighted by Crippen LogP contribution is 2.27. The summed E-state index contributed by atoms with van der Waals surface area (Å²) in [5.41, 5.74) is 0. The van der Waals surface area contributed by atoms with Gasteiger partial charge in [0.25, 0.3) is 0 Å². The molecule has 2 amide bonds. The Bertz CT molecular complexity index is 539. The Hall–Kier alpha value is -2.11. The van der Waals surface area contributed by atoms with Crippen molar-refractivity contribution in [1.82, 2.24) is 20.2 Å². The Kier molecular flexibility index (Phi) is 6.38. The van der Waals surface area contributed by atoms with Crippen molar-refractivity contribution >= 4 is 11.8 Å². The number of aromatic nitrogens is 2. The minimum Gasteiger partial charge on any atom is -0.356 e. The van der Waals surface area contributed by atoms with Crippen molar-refractivity contribution in [2.75, 3.05) is 13.6 Å². The van der Waals surface area contributed by atoms with Crippen LogP contribution in [0.25, 0.3) is 0 Å². The summed E-state index contributed by atoms with van der Waals surface area (Å²) in [6.45, 7) is 3.19. The first-order valence-corrected chi connectivity index (χ1v) is 8.29. The Labute approximate surface area is 137 Å². The molecule has 0 aliphatic heterocycles. The zero-order valence-corrected chi connectivity index (χ0v) is 13.9. The normalized spacial score (nSPS) is 20.3. The van der Waals surface area contributed by atoms with Crippen molar-refractivity contribution in [3.05, 3.63) is 30.4 Å². The second kappa shape index (κ2) is 8.50. The van der Waals surface area contributed by atoms with E-state index >= 15 is 0 Å². The highest BCUT2D eigenvalue weighted by molar-refractivity contribution is 5.88. The van der Waals surface area contributed by atoms with Gasteiger partial charge in [0.2, 0.25) is 11.8 Å². The number of aromatic amines is 1. The molecule has 23 heavy (non-hydrogen) atoms. The molecule has 2 atom stereocenters. The van der Waals surface area contributed by atoms with E-state index in [4.69, 9.17) is 0 Å². The molecule has 2 N–H and O–H groups in total. The van der Waals surface area contributed by atoms with Gasteiger partial charge in [-0.15, -0.1) is 0 Å². The van der Waals surface area contributed by atoms with Crippen LogP contribution in [0.5, 0.6) is 0 Å². The van der Waals surface area contributed by atoms with Crippen LogP contribution in [0.15, 0.2) is 24.5 Å². The molecule has 0 fully saturated rings. The predicted octanol–water partition coefficient (Wildman–Crippen LogP) is 1.87. The Balaban J connectivity index is 1.97. The Morgan fingerprint density at radius 2 is 2.09 bits per heavy atom. The third-order valence-corrected chi connectivity index (χ3v) is 4.23. The first kappa shape index (κ1) is 17.2. The molecule has 1 aromatic heterocycles. The fraction of sp³-hybridized carbons (Fsp3) is 0.588. The molecular formula is C17H26N4O2. The summed E-state index contributed by atoms with van der Waals surface area (Å²) in [5, 5.41) is 2.96. The van der Waals surface area contributed by atoms with E-state index in [1.807, 2.05) is 12.2 Å². The minimum absolute atomic E-state index is 0.00129. The molecule has 1 aliphatic carbocycles. The standard InChI is InChI=1S/C17H26N4O2/c1-3-4-9-20-16(22)13-7-5-6-8-14(13)17(23)21(2)12-15-18-10-11-19-15/h5-6,10-11,13-14H,3-4,7-9,12H2,1-2H3,(H,18,19)(H,20,22)/t13-,14+/m1/s1. The molecule has 1 aliphatic rings. The van der Waals surface area contributed by atoms with E-state index < -0.39 is 0 Å². The average molecular weight is 318 g/mol. The number of unbranched alkanes of at least 4 members (excludes halogenated alkanes) is 1. The van der Waals surface area contributed by atoms with E-state index in [-0.39, 0.29) is 23.7 Å². The van der Waals surface area contributed by atoms with Crippen LogP contribution in [0.1, 0.15) is 38.4 Å². The van der Waals surface area contributed by atoms with Crippen molar-refractivity contribution in [2.24, 2.45) is 11.8 Å². The second-order valence-electron chi connectivity index (χ2n) is 6.03. The summed E-state index contributed by atoms with van der Waals surface area (Å²) in [6, 6.07) is 0. The zero-order chi connectivity index (χ0) is 16.7. The fourth-order valence-electron chi connectivity index (χ4n) is 2.87. The minimum atomic E-state index is -0.290. The van der Waals surface area contributed by atoms with E-state index in [1.165, 1.54) is 0 Å². The lowest BCUT2D eigenvalue weighted by molar-refractivity contribution is -0.141. The van der Waals surface area contributed by atoms with Crippen molar-refractivity contribution in [2.45, 2.75) is 39.2 Å². The largest absolute Gasteiger partial charge is 0.356 e. The van der Waals surface area contributed by atoms with E-state index in [9.17, 15) is 9.59 Å². The van der Waals surface area contributed by atoms with E-state index in [1.54, 1.807) is 24.3 Å². The highest BCUT2D eigenvalue weighted by atomic mass is 16.2. The van der Waals surface area contributed by atoms with Crippen molar-refractivity contribution in [1.29, 1.82) is 0 Å². The van der Waals surface area contributed by atoms with Gasteiger partial charge in [0, 0.05) is 26.0 Å². The smallest absolute Gasteiger partial charge is 0.226 e. The molecule has 6 heteroatoms. The van der Waals surface area contributed by atoms with Gasteiger partial charge in [-0.1, -0.05) is 25.5 Å². The van der Waals surface area contributed by atoms with E-state index in [0.717, 1.165) is 18.7 Å². The predicted molar refractivity (Wildman–Crippen MR) is 88.3 cm³/mol. The van der Waals surface area contributed by atoms with Gasteiger partial charge in [-0.3, -0.25) is 9.59 Å². The molecule has 0 aromatic carbocycles. The summed E-state index contributed by atoms with van der Waals surface area (Å²) >= 11 is 0. The number of hydrogen-bond donors (Lipinski definition) is 2. The summed E-state index contributed by atoms with van der Waals surface area (Å²) in [7, 11) is 1.76. The number of nitrogens with one attached hydrogen (secondary N) is 2. The van der Waals surface area contributed by atoms with Gasteiger partial charge in [-0.2, -0.15) is 0 Å². The van der Waals surface area contributed by atoms with Gasteiger partial charge in [0.15, 0.2) is 0 Å². The van der Waals surface area contributed by atoms with E-state index in [0.29, 0.717) is 25.9 Å². The topological polar surface area (TPSA) is 78.1 Å². The number of H-pyrrole nitrogens is 1. The average Bonchev–Trinajstić information content (AvgIpc) is 3.07. The molecule has 0 unspecified atom stereocenters. The Morgan fingerprint density at radius 3 is 2.74 bits per heavy atom.